The van der Waals surface area contributed by atoms with Gasteiger partial charge < -0.3 is 10.2 Å². The minimum atomic E-state index is 0.0113. The van der Waals surface area contributed by atoms with E-state index < -0.39 is 0 Å². The van der Waals surface area contributed by atoms with Crippen LogP contribution in [0.3, 0.4) is 0 Å². The Bertz CT molecular complexity index is 380. The van der Waals surface area contributed by atoms with Gasteiger partial charge in [-0.3, -0.25) is 4.79 Å². The van der Waals surface area contributed by atoms with Crippen molar-refractivity contribution < 1.29 is 4.79 Å². The van der Waals surface area contributed by atoms with E-state index in [1.807, 2.05) is 11.9 Å². The lowest BCUT2D eigenvalue weighted by Gasteiger charge is -2.31. The SMILES string of the molecule is CNC1CCCN(Cc2cc(Br)cs2)C1=O. The van der Waals surface area contributed by atoms with Gasteiger partial charge >= 0.3 is 0 Å². The Hall–Kier alpha value is -0.390. The lowest BCUT2D eigenvalue weighted by Crippen LogP contribution is -2.49. The molecule has 1 saturated heterocycles. The first-order chi connectivity index (χ1) is 7.70. The molecule has 1 N–H and O–H groups in total. The highest BCUT2D eigenvalue weighted by Gasteiger charge is 2.27. The second-order valence-electron chi connectivity index (χ2n) is 3.97. The lowest BCUT2D eigenvalue weighted by atomic mass is 10.1. The molecular weight excluding hydrogens is 288 g/mol. The molecule has 2 rings (SSSR count). The number of hydrogen-bond donors (Lipinski definition) is 1. The molecule has 3 nitrogen and oxygen atoms in total. The zero-order valence-electron chi connectivity index (χ0n) is 9.20. The van der Waals surface area contributed by atoms with E-state index in [-0.39, 0.29) is 11.9 Å². The molecule has 16 heavy (non-hydrogen) atoms. The van der Waals surface area contributed by atoms with Gasteiger partial charge in [-0.1, -0.05) is 0 Å². The van der Waals surface area contributed by atoms with Gasteiger partial charge in [0, 0.05) is 21.3 Å². The third-order valence-corrected chi connectivity index (χ3v) is 4.53. The number of hydrogen-bond acceptors (Lipinski definition) is 3. The van der Waals surface area contributed by atoms with Gasteiger partial charge in [-0.05, 0) is 41.9 Å². The largest absolute Gasteiger partial charge is 0.336 e. The van der Waals surface area contributed by atoms with Crippen LogP contribution in [0.15, 0.2) is 15.9 Å². The first-order valence-electron chi connectivity index (χ1n) is 5.39. The molecule has 1 aliphatic heterocycles. The highest BCUT2D eigenvalue weighted by atomic mass is 79.9. The van der Waals surface area contributed by atoms with Gasteiger partial charge in [0.2, 0.25) is 5.91 Å². The monoisotopic (exact) mass is 302 g/mol. The summed E-state index contributed by atoms with van der Waals surface area (Å²) in [6, 6.07) is 2.10. The summed E-state index contributed by atoms with van der Waals surface area (Å²) in [7, 11) is 1.85. The number of piperidine rings is 1. The van der Waals surface area contributed by atoms with Crippen LogP contribution in [0.5, 0.6) is 0 Å². The Kier molecular flexibility index (Phi) is 4.00. The molecule has 0 aromatic carbocycles. The average Bonchev–Trinajstić information content (AvgIpc) is 2.67. The van der Waals surface area contributed by atoms with Crippen molar-refractivity contribution in [2.45, 2.75) is 25.4 Å². The van der Waals surface area contributed by atoms with Gasteiger partial charge in [0.15, 0.2) is 0 Å². The van der Waals surface area contributed by atoms with E-state index in [0.717, 1.165) is 30.4 Å². The first-order valence-corrected chi connectivity index (χ1v) is 7.07. The Morgan fingerprint density at radius 1 is 1.69 bits per heavy atom. The molecule has 0 spiro atoms. The first kappa shape index (κ1) is 12.1. The van der Waals surface area contributed by atoms with Crippen LogP contribution < -0.4 is 5.32 Å². The Morgan fingerprint density at radius 2 is 2.50 bits per heavy atom. The normalized spacial score (nSPS) is 21.5. The van der Waals surface area contributed by atoms with E-state index in [1.165, 1.54) is 4.88 Å². The summed E-state index contributed by atoms with van der Waals surface area (Å²) >= 11 is 5.13. The van der Waals surface area contributed by atoms with Crippen LogP contribution in [0.4, 0.5) is 0 Å². The molecule has 1 unspecified atom stereocenters. The Labute approximate surface area is 108 Å². The summed E-state index contributed by atoms with van der Waals surface area (Å²) in [6.45, 7) is 1.62. The minimum Gasteiger partial charge on any atom is -0.336 e. The standard InChI is InChI=1S/C11H15BrN2OS/c1-13-10-3-2-4-14(11(10)15)6-9-5-8(12)7-16-9/h5,7,10,13H,2-4,6H2,1H3. The maximum Gasteiger partial charge on any atom is 0.240 e. The van der Waals surface area contributed by atoms with Gasteiger partial charge in [-0.25, -0.2) is 0 Å². The molecule has 1 aromatic rings. The molecule has 0 saturated carbocycles. The lowest BCUT2D eigenvalue weighted by molar-refractivity contribution is -0.136. The topological polar surface area (TPSA) is 32.3 Å². The second kappa shape index (κ2) is 5.29. The predicted octanol–water partition coefficient (Wildman–Crippen LogP) is 2.22. The third kappa shape index (κ3) is 2.64. The van der Waals surface area contributed by atoms with Crippen LogP contribution in [0, 0.1) is 0 Å². The molecule has 88 valence electrons. The second-order valence-corrected chi connectivity index (χ2v) is 5.89. The molecular formula is C11H15BrN2OS. The number of thiophene rings is 1. The number of carbonyl (C=O) groups excluding carboxylic acids is 1. The summed E-state index contributed by atoms with van der Waals surface area (Å²) in [5, 5.41) is 5.13. The van der Waals surface area contributed by atoms with E-state index in [2.05, 4.69) is 32.7 Å². The summed E-state index contributed by atoms with van der Waals surface area (Å²) in [4.78, 5) is 15.2. The number of amides is 1. The molecule has 2 heterocycles. The molecule has 1 atom stereocenters. The van der Waals surface area contributed by atoms with Crippen molar-refractivity contribution in [3.63, 3.8) is 0 Å². The fourth-order valence-electron chi connectivity index (χ4n) is 1.99. The minimum absolute atomic E-state index is 0.0113. The Balaban J connectivity index is 2.01. The van der Waals surface area contributed by atoms with Gasteiger partial charge in [0.05, 0.1) is 12.6 Å². The summed E-state index contributed by atoms with van der Waals surface area (Å²) in [5.41, 5.74) is 0. The van der Waals surface area contributed by atoms with Crippen LogP contribution in [0.25, 0.3) is 0 Å². The van der Waals surface area contributed by atoms with E-state index in [0.29, 0.717) is 0 Å². The van der Waals surface area contributed by atoms with Crippen molar-refractivity contribution in [1.29, 1.82) is 0 Å². The van der Waals surface area contributed by atoms with Gasteiger partial charge in [-0.2, -0.15) is 0 Å². The highest BCUT2D eigenvalue weighted by molar-refractivity contribution is 9.10. The molecule has 5 heteroatoms. The maximum absolute atomic E-state index is 12.0. The van der Waals surface area contributed by atoms with Crippen molar-refractivity contribution in [3.8, 4) is 0 Å². The number of likely N-dealkylation sites (N-methyl/N-ethyl adjacent to an activating group) is 1. The molecule has 1 aliphatic rings. The van der Waals surface area contributed by atoms with Crippen LogP contribution in [-0.4, -0.2) is 30.4 Å². The van der Waals surface area contributed by atoms with Crippen LogP contribution in [0.1, 0.15) is 17.7 Å². The number of carbonyl (C=O) groups is 1. The third-order valence-electron chi connectivity index (χ3n) is 2.85. The molecule has 0 radical (unpaired) electrons. The number of nitrogens with zero attached hydrogens (tertiary/aromatic N) is 1. The van der Waals surface area contributed by atoms with Crippen LogP contribution in [-0.2, 0) is 11.3 Å². The molecule has 1 fully saturated rings. The Morgan fingerprint density at radius 3 is 3.12 bits per heavy atom. The highest BCUT2D eigenvalue weighted by Crippen LogP contribution is 2.23. The van der Waals surface area contributed by atoms with Crippen molar-refractivity contribution in [3.05, 3.63) is 20.8 Å². The predicted molar refractivity (Wildman–Crippen MR) is 69.5 cm³/mol. The van der Waals surface area contributed by atoms with E-state index in [9.17, 15) is 4.79 Å². The van der Waals surface area contributed by atoms with E-state index in [4.69, 9.17) is 0 Å². The number of likely N-dealkylation sites (tertiary alicyclic amines) is 1. The number of rotatable bonds is 3. The smallest absolute Gasteiger partial charge is 0.240 e. The van der Waals surface area contributed by atoms with Crippen LogP contribution in [0.2, 0.25) is 0 Å². The van der Waals surface area contributed by atoms with E-state index >= 15 is 0 Å². The van der Waals surface area contributed by atoms with Crippen LogP contribution >= 0.6 is 27.3 Å². The van der Waals surface area contributed by atoms with Gasteiger partial charge in [0.1, 0.15) is 0 Å². The van der Waals surface area contributed by atoms with Crippen molar-refractivity contribution in [2.75, 3.05) is 13.6 Å². The van der Waals surface area contributed by atoms with Crippen molar-refractivity contribution >= 4 is 33.2 Å². The molecule has 1 aromatic heterocycles. The van der Waals surface area contributed by atoms with Gasteiger partial charge in [0.25, 0.3) is 0 Å². The molecule has 0 aliphatic carbocycles. The van der Waals surface area contributed by atoms with E-state index in [1.54, 1.807) is 11.3 Å². The van der Waals surface area contributed by atoms with Gasteiger partial charge in [-0.15, -0.1) is 11.3 Å². The fraction of sp³-hybridized carbons (Fsp3) is 0.545. The fourth-order valence-corrected chi connectivity index (χ4v) is 3.46. The number of halogens is 1. The molecule has 1 amide bonds. The van der Waals surface area contributed by atoms with Crippen molar-refractivity contribution in [1.82, 2.24) is 10.2 Å². The maximum atomic E-state index is 12.0. The summed E-state index contributed by atoms with van der Waals surface area (Å²) < 4.78 is 1.10. The van der Waals surface area contributed by atoms with Crippen molar-refractivity contribution in [2.24, 2.45) is 0 Å². The summed E-state index contributed by atoms with van der Waals surface area (Å²) in [6.07, 6.45) is 2.05. The number of nitrogens with one attached hydrogen (secondary N) is 1. The molecule has 0 bridgehead atoms. The zero-order chi connectivity index (χ0) is 11.5. The average molecular weight is 303 g/mol. The zero-order valence-corrected chi connectivity index (χ0v) is 11.6. The summed E-state index contributed by atoms with van der Waals surface area (Å²) in [5.74, 6) is 0.235. The quantitative estimate of drug-likeness (QED) is 0.928.